The number of nitrogens with one attached hydrogen (secondary N) is 2. The van der Waals surface area contributed by atoms with Gasteiger partial charge in [0.2, 0.25) is 0 Å². The highest BCUT2D eigenvalue weighted by atomic mass is 19.3. The lowest BCUT2D eigenvalue weighted by atomic mass is 10.3. The van der Waals surface area contributed by atoms with Crippen LogP contribution in [0.4, 0.5) is 14.5 Å². The molecule has 1 aromatic heterocycles. The lowest BCUT2D eigenvalue weighted by Gasteiger charge is -2.12. The summed E-state index contributed by atoms with van der Waals surface area (Å²) in [6.07, 6.45) is -2.46. The molecule has 0 spiro atoms. The van der Waals surface area contributed by atoms with Crippen molar-refractivity contribution in [2.24, 2.45) is 0 Å². The Kier molecular flexibility index (Phi) is 5.16. The first-order valence-corrected chi connectivity index (χ1v) is 7.94. The molecule has 0 saturated carbocycles. The molecule has 0 aliphatic carbocycles. The van der Waals surface area contributed by atoms with Gasteiger partial charge in [-0.05, 0) is 31.2 Å². The van der Waals surface area contributed by atoms with Crippen molar-refractivity contribution >= 4 is 23.5 Å². The molecule has 2 aromatic rings. The number of halogens is 2. The molecule has 0 unspecified atom stereocenters. The molecule has 0 saturated heterocycles. The zero-order valence-corrected chi connectivity index (χ0v) is 14.4. The largest absolute Gasteiger partial charge is 0.586 e. The van der Waals surface area contributed by atoms with Gasteiger partial charge in [0.15, 0.2) is 23.9 Å². The molecule has 1 atom stereocenters. The first-order chi connectivity index (χ1) is 13.2. The number of furan rings is 1. The fourth-order valence-corrected chi connectivity index (χ4v) is 2.22. The Hall–Kier alpha value is -3.63. The van der Waals surface area contributed by atoms with Gasteiger partial charge in [0.05, 0.1) is 6.26 Å². The predicted molar refractivity (Wildman–Crippen MR) is 87.9 cm³/mol. The van der Waals surface area contributed by atoms with Crippen LogP contribution in [0, 0.1) is 0 Å². The van der Waals surface area contributed by atoms with Gasteiger partial charge >= 0.3 is 12.3 Å². The minimum Gasteiger partial charge on any atom is -0.459 e. The van der Waals surface area contributed by atoms with E-state index in [-0.39, 0.29) is 22.9 Å². The molecule has 1 aromatic carbocycles. The third kappa shape index (κ3) is 4.55. The van der Waals surface area contributed by atoms with Crippen LogP contribution < -0.4 is 20.1 Å². The van der Waals surface area contributed by atoms with Crippen molar-refractivity contribution in [1.82, 2.24) is 5.32 Å². The Bertz CT molecular complexity index is 899. The number of hydrogen-bond acceptors (Lipinski definition) is 7. The number of fused-ring (bicyclic) bond motifs is 1. The van der Waals surface area contributed by atoms with Gasteiger partial charge in [0.1, 0.15) is 6.04 Å². The zero-order valence-electron chi connectivity index (χ0n) is 14.4. The van der Waals surface area contributed by atoms with E-state index in [4.69, 9.17) is 9.15 Å². The van der Waals surface area contributed by atoms with Gasteiger partial charge < -0.3 is 29.3 Å². The summed E-state index contributed by atoms with van der Waals surface area (Å²) < 4.78 is 44.2. The van der Waals surface area contributed by atoms with Crippen LogP contribution in [0.2, 0.25) is 0 Å². The molecule has 0 fully saturated rings. The number of benzene rings is 1. The van der Waals surface area contributed by atoms with Gasteiger partial charge in [-0.1, -0.05) is 0 Å². The maximum Gasteiger partial charge on any atom is 0.586 e. The highest BCUT2D eigenvalue weighted by molar-refractivity contribution is 5.96. The monoisotopic (exact) mass is 396 g/mol. The number of rotatable bonds is 6. The normalized spacial score (nSPS) is 14.8. The number of ether oxygens (including phenoxy) is 3. The van der Waals surface area contributed by atoms with Crippen molar-refractivity contribution in [1.29, 1.82) is 0 Å². The Balaban J connectivity index is 1.46. The Morgan fingerprint density at radius 2 is 1.93 bits per heavy atom. The van der Waals surface area contributed by atoms with Crippen molar-refractivity contribution in [3.8, 4) is 11.5 Å². The second-order valence-corrected chi connectivity index (χ2v) is 5.66. The van der Waals surface area contributed by atoms with Gasteiger partial charge in [-0.25, -0.2) is 4.79 Å². The van der Waals surface area contributed by atoms with E-state index >= 15 is 0 Å². The number of alkyl halides is 2. The average Bonchev–Trinajstić information content (AvgIpc) is 3.25. The molecule has 0 bridgehead atoms. The maximum absolute atomic E-state index is 13.0. The summed E-state index contributed by atoms with van der Waals surface area (Å²) in [7, 11) is 0. The summed E-state index contributed by atoms with van der Waals surface area (Å²) in [5.41, 5.74) is 0.139. The number of carbonyl (C=O) groups is 3. The Morgan fingerprint density at radius 3 is 2.64 bits per heavy atom. The van der Waals surface area contributed by atoms with E-state index in [9.17, 15) is 23.2 Å². The summed E-state index contributed by atoms with van der Waals surface area (Å²) in [4.78, 5) is 35.5. The smallest absolute Gasteiger partial charge is 0.459 e. The van der Waals surface area contributed by atoms with Gasteiger partial charge in [0, 0.05) is 11.8 Å². The summed E-state index contributed by atoms with van der Waals surface area (Å²) >= 11 is 0. The van der Waals surface area contributed by atoms with E-state index in [1.54, 1.807) is 0 Å². The third-order valence-electron chi connectivity index (χ3n) is 3.48. The second kappa shape index (κ2) is 7.55. The molecule has 28 heavy (non-hydrogen) atoms. The highest BCUT2D eigenvalue weighted by Gasteiger charge is 2.43. The summed E-state index contributed by atoms with van der Waals surface area (Å²) in [5, 5.41) is 4.71. The molecule has 3 rings (SSSR count). The van der Waals surface area contributed by atoms with E-state index in [0.29, 0.717) is 0 Å². The van der Waals surface area contributed by atoms with Crippen molar-refractivity contribution < 1.29 is 41.8 Å². The summed E-state index contributed by atoms with van der Waals surface area (Å²) in [6.45, 7) is 0.726. The van der Waals surface area contributed by atoms with Crippen LogP contribution in [0.1, 0.15) is 17.5 Å². The van der Waals surface area contributed by atoms with E-state index < -0.39 is 36.7 Å². The molecule has 1 aliphatic heterocycles. The zero-order chi connectivity index (χ0) is 20.3. The minimum absolute atomic E-state index is 0.0192. The first kappa shape index (κ1) is 19.1. The van der Waals surface area contributed by atoms with Gasteiger partial charge in [-0.2, -0.15) is 0 Å². The molecular formula is C17H14F2N2O7. The predicted octanol–water partition coefficient (Wildman–Crippen LogP) is 1.90. The third-order valence-corrected chi connectivity index (χ3v) is 3.48. The van der Waals surface area contributed by atoms with Crippen LogP contribution in [0.3, 0.4) is 0 Å². The number of carbonyl (C=O) groups excluding carboxylic acids is 3. The van der Waals surface area contributed by atoms with Gasteiger partial charge in [-0.3, -0.25) is 9.59 Å². The number of anilines is 1. The molecule has 148 valence electrons. The van der Waals surface area contributed by atoms with E-state index in [0.717, 1.165) is 6.07 Å². The van der Waals surface area contributed by atoms with Crippen molar-refractivity contribution in [2.45, 2.75) is 19.3 Å². The molecule has 9 nitrogen and oxygen atoms in total. The van der Waals surface area contributed by atoms with E-state index in [1.165, 1.54) is 37.5 Å². The first-order valence-electron chi connectivity index (χ1n) is 7.94. The molecule has 2 N–H and O–H groups in total. The van der Waals surface area contributed by atoms with E-state index in [2.05, 4.69) is 20.1 Å². The summed E-state index contributed by atoms with van der Waals surface area (Å²) in [6, 6.07) is 5.56. The van der Waals surface area contributed by atoms with Gasteiger partial charge in [0.25, 0.3) is 11.8 Å². The SMILES string of the molecule is C[C@H](NC(=O)c1ccco1)C(=O)OCC(=O)Nc1ccc2c(c1)OC(F)(F)O2. The molecular weight excluding hydrogens is 382 g/mol. The quantitative estimate of drug-likeness (QED) is 0.717. The molecule has 1 aliphatic rings. The van der Waals surface area contributed by atoms with Crippen LogP contribution in [-0.2, 0) is 14.3 Å². The molecule has 0 radical (unpaired) electrons. The van der Waals surface area contributed by atoms with Crippen LogP contribution >= 0.6 is 0 Å². The van der Waals surface area contributed by atoms with Crippen molar-refractivity contribution in [2.75, 3.05) is 11.9 Å². The van der Waals surface area contributed by atoms with Crippen LogP contribution in [0.25, 0.3) is 0 Å². The van der Waals surface area contributed by atoms with Crippen LogP contribution in [-0.4, -0.2) is 36.7 Å². The lowest BCUT2D eigenvalue weighted by molar-refractivity contribution is -0.286. The fraction of sp³-hybridized carbons (Fsp3) is 0.235. The minimum atomic E-state index is -3.77. The Labute approximate surface area is 156 Å². The second-order valence-electron chi connectivity index (χ2n) is 5.66. The molecule has 2 heterocycles. The Morgan fingerprint density at radius 1 is 1.18 bits per heavy atom. The maximum atomic E-state index is 13.0. The average molecular weight is 396 g/mol. The highest BCUT2D eigenvalue weighted by Crippen LogP contribution is 2.42. The van der Waals surface area contributed by atoms with Crippen LogP contribution in [0.5, 0.6) is 11.5 Å². The topological polar surface area (TPSA) is 116 Å². The number of amides is 2. The van der Waals surface area contributed by atoms with Crippen molar-refractivity contribution in [3.63, 3.8) is 0 Å². The van der Waals surface area contributed by atoms with E-state index in [1.807, 2.05) is 0 Å². The summed E-state index contributed by atoms with van der Waals surface area (Å²) in [5.74, 6) is -2.57. The standard InChI is InChI=1S/C17H14F2N2O7/c1-9(20-15(23)12-3-2-6-25-12)16(24)26-8-14(22)21-10-4-5-11-13(7-10)28-17(18,19)27-11/h2-7,9H,8H2,1H3,(H,20,23)(H,21,22)/t9-/m0/s1. The van der Waals surface area contributed by atoms with Gasteiger partial charge in [-0.15, -0.1) is 8.78 Å². The fourth-order valence-electron chi connectivity index (χ4n) is 2.22. The number of esters is 1. The number of hydrogen-bond donors (Lipinski definition) is 2. The van der Waals surface area contributed by atoms with Crippen LogP contribution in [0.15, 0.2) is 41.0 Å². The van der Waals surface area contributed by atoms with Crippen molar-refractivity contribution in [3.05, 3.63) is 42.4 Å². The lowest BCUT2D eigenvalue weighted by Crippen LogP contribution is -2.40. The molecule has 2 amide bonds. The molecule has 11 heteroatoms.